The zero-order chi connectivity index (χ0) is 14.2. The molecule has 5 heteroatoms. The van der Waals surface area contributed by atoms with Crippen LogP contribution >= 0.6 is 0 Å². The predicted octanol–water partition coefficient (Wildman–Crippen LogP) is 3.66. The maximum absolute atomic E-state index is 11.1. The number of hydrogen-bond donors (Lipinski definition) is 1. The van der Waals surface area contributed by atoms with E-state index in [4.69, 9.17) is 0 Å². The van der Waals surface area contributed by atoms with Crippen LogP contribution < -0.4 is 5.32 Å². The zero-order valence-electron chi connectivity index (χ0n) is 11.5. The zero-order valence-corrected chi connectivity index (χ0v) is 11.5. The van der Waals surface area contributed by atoms with Crippen LogP contribution in [0.3, 0.4) is 0 Å². The Balaban J connectivity index is 2.73. The van der Waals surface area contributed by atoms with E-state index in [1.54, 1.807) is 12.3 Å². The molecular weight excluding hydrogens is 242 g/mol. The van der Waals surface area contributed by atoms with Gasteiger partial charge in [0.05, 0.1) is 10.3 Å². The highest BCUT2D eigenvalue weighted by Gasteiger charge is 2.18. The van der Waals surface area contributed by atoms with Crippen LogP contribution in [-0.4, -0.2) is 15.4 Å². The van der Waals surface area contributed by atoms with Crippen LogP contribution in [0.1, 0.15) is 26.3 Å². The lowest BCUT2D eigenvalue weighted by Crippen LogP contribution is -2.26. The summed E-state index contributed by atoms with van der Waals surface area (Å²) < 4.78 is 0. The van der Waals surface area contributed by atoms with E-state index in [9.17, 15) is 10.1 Å². The first kappa shape index (κ1) is 13.3. The largest absolute Gasteiger partial charge is 0.365 e. The molecule has 100 valence electrons. The summed E-state index contributed by atoms with van der Waals surface area (Å²) in [5.74, 6) is 0.678. The van der Waals surface area contributed by atoms with Gasteiger partial charge >= 0.3 is 0 Å². The third-order valence-electron chi connectivity index (χ3n) is 2.77. The summed E-state index contributed by atoms with van der Waals surface area (Å²) in [6.45, 7) is 7.91. The molecule has 0 radical (unpaired) electrons. The summed E-state index contributed by atoms with van der Waals surface area (Å²) in [6, 6.07) is 5.07. The van der Waals surface area contributed by atoms with Crippen molar-refractivity contribution in [3.8, 4) is 0 Å². The molecular formula is C14H17N3O2. The number of pyridine rings is 1. The minimum atomic E-state index is -0.351. The van der Waals surface area contributed by atoms with Crippen LogP contribution in [0.4, 0.5) is 11.5 Å². The van der Waals surface area contributed by atoms with Crippen molar-refractivity contribution in [2.45, 2.75) is 33.2 Å². The molecule has 1 aromatic carbocycles. The molecule has 0 unspecified atom stereocenters. The fourth-order valence-corrected chi connectivity index (χ4v) is 2.05. The van der Waals surface area contributed by atoms with Crippen molar-refractivity contribution in [1.82, 2.24) is 4.98 Å². The highest BCUT2D eigenvalue weighted by molar-refractivity contribution is 5.99. The molecule has 1 heterocycles. The summed E-state index contributed by atoms with van der Waals surface area (Å²) in [7, 11) is 0. The van der Waals surface area contributed by atoms with Gasteiger partial charge in [-0.3, -0.25) is 10.1 Å². The molecule has 19 heavy (non-hydrogen) atoms. The molecule has 0 amide bonds. The van der Waals surface area contributed by atoms with Crippen molar-refractivity contribution in [2.75, 3.05) is 5.32 Å². The highest BCUT2D eigenvalue weighted by atomic mass is 16.6. The standard InChI is InChI=1S/C14H17N3O2/c1-9-8-15-13(16-14(2,3)4)10-6-5-7-11(12(9)10)17(18)19/h5-8H,1-4H3,(H,15,16). The molecule has 0 bridgehead atoms. The summed E-state index contributed by atoms with van der Waals surface area (Å²) in [4.78, 5) is 15.1. The number of anilines is 1. The van der Waals surface area contributed by atoms with Crippen LogP contribution in [0.2, 0.25) is 0 Å². The normalized spacial score (nSPS) is 11.6. The van der Waals surface area contributed by atoms with Gasteiger partial charge in [-0.2, -0.15) is 0 Å². The smallest absolute Gasteiger partial charge is 0.277 e. The Morgan fingerprint density at radius 3 is 2.58 bits per heavy atom. The molecule has 5 nitrogen and oxygen atoms in total. The Bertz CT molecular complexity index is 645. The molecule has 0 aliphatic heterocycles. The number of aryl methyl sites for hydroxylation is 1. The van der Waals surface area contributed by atoms with Crippen LogP contribution in [0.5, 0.6) is 0 Å². The number of nitrogens with one attached hydrogen (secondary N) is 1. The van der Waals surface area contributed by atoms with E-state index >= 15 is 0 Å². The fraction of sp³-hybridized carbons (Fsp3) is 0.357. The summed E-state index contributed by atoms with van der Waals surface area (Å²) in [5.41, 5.74) is 0.774. The van der Waals surface area contributed by atoms with Crippen LogP contribution in [0.25, 0.3) is 10.8 Å². The Labute approximate surface area is 111 Å². The number of aromatic nitrogens is 1. The lowest BCUT2D eigenvalue weighted by atomic mass is 10.0. The molecule has 0 aliphatic rings. The average molecular weight is 259 g/mol. The van der Waals surface area contributed by atoms with E-state index < -0.39 is 0 Å². The third kappa shape index (κ3) is 2.65. The second-order valence-electron chi connectivity index (χ2n) is 5.62. The summed E-state index contributed by atoms with van der Waals surface area (Å²) >= 11 is 0. The number of fused-ring (bicyclic) bond motifs is 1. The minimum absolute atomic E-state index is 0.120. The number of hydrogen-bond acceptors (Lipinski definition) is 4. The highest BCUT2D eigenvalue weighted by Crippen LogP contribution is 2.32. The lowest BCUT2D eigenvalue weighted by Gasteiger charge is -2.22. The maximum Gasteiger partial charge on any atom is 0.277 e. The first-order valence-corrected chi connectivity index (χ1v) is 6.10. The molecule has 1 N–H and O–H groups in total. The van der Waals surface area contributed by atoms with E-state index in [1.165, 1.54) is 6.07 Å². The van der Waals surface area contributed by atoms with Gasteiger partial charge in [0.15, 0.2) is 0 Å². The van der Waals surface area contributed by atoms with Gasteiger partial charge in [-0.05, 0) is 33.3 Å². The van der Waals surface area contributed by atoms with E-state index in [2.05, 4.69) is 10.3 Å². The van der Waals surface area contributed by atoms with Crippen molar-refractivity contribution < 1.29 is 4.92 Å². The van der Waals surface area contributed by atoms with Crippen LogP contribution in [-0.2, 0) is 0 Å². The van der Waals surface area contributed by atoms with Gasteiger partial charge in [0.25, 0.3) is 5.69 Å². The first-order valence-electron chi connectivity index (χ1n) is 6.10. The van der Waals surface area contributed by atoms with Crippen molar-refractivity contribution >= 4 is 22.3 Å². The quantitative estimate of drug-likeness (QED) is 0.660. The van der Waals surface area contributed by atoms with Gasteiger partial charge in [-0.1, -0.05) is 12.1 Å². The van der Waals surface area contributed by atoms with Crippen molar-refractivity contribution in [2.24, 2.45) is 0 Å². The number of rotatable bonds is 2. The van der Waals surface area contributed by atoms with Crippen LogP contribution in [0.15, 0.2) is 24.4 Å². The van der Waals surface area contributed by atoms with Crippen molar-refractivity contribution in [3.05, 3.63) is 40.1 Å². The number of nitrogens with zero attached hydrogens (tertiary/aromatic N) is 2. The number of benzene rings is 1. The van der Waals surface area contributed by atoms with E-state index in [1.807, 2.05) is 33.8 Å². The van der Waals surface area contributed by atoms with Gasteiger partial charge in [-0.15, -0.1) is 0 Å². The number of non-ortho nitro benzene ring substituents is 1. The monoisotopic (exact) mass is 259 g/mol. The van der Waals surface area contributed by atoms with E-state index in [-0.39, 0.29) is 16.1 Å². The molecule has 0 saturated heterocycles. The molecule has 0 saturated carbocycles. The number of nitro groups is 1. The fourth-order valence-electron chi connectivity index (χ4n) is 2.05. The van der Waals surface area contributed by atoms with Gasteiger partial charge in [0.1, 0.15) is 5.82 Å². The third-order valence-corrected chi connectivity index (χ3v) is 2.77. The maximum atomic E-state index is 11.1. The minimum Gasteiger partial charge on any atom is -0.365 e. The number of nitro benzene ring substituents is 1. The van der Waals surface area contributed by atoms with Crippen LogP contribution in [0, 0.1) is 17.0 Å². The molecule has 0 fully saturated rings. The SMILES string of the molecule is Cc1cnc(NC(C)(C)C)c2cccc([N+](=O)[O-])c12. The Morgan fingerprint density at radius 1 is 1.32 bits per heavy atom. The van der Waals surface area contributed by atoms with Crippen molar-refractivity contribution in [3.63, 3.8) is 0 Å². The summed E-state index contributed by atoms with van der Waals surface area (Å²) in [6.07, 6.45) is 1.67. The second-order valence-corrected chi connectivity index (χ2v) is 5.62. The van der Waals surface area contributed by atoms with Gasteiger partial charge < -0.3 is 5.32 Å². The Morgan fingerprint density at radius 2 is 2.00 bits per heavy atom. The molecule has 2 rings (SSSR count). The van der Waals surface area contributed by atoms with Gasteiger partial charge in [0, 0.05) is 23.2 Å². The summed E-state index contributed by atoms with van der Waals surface area (Å²) in [5, 5.41) is 15.8. The van der Waals surface area contributed by atoms with E-state index in [0.29, 0.717) is 11.2 Å². The van der Waals surface area contributed by atoms with E-state index in [0.717, 1.165) is 10.9 Å². The molecule has 2 aromatic rings. The van der Waals surface area contributed by atoms with Crippen molar-refractivity contribution in [1.29, 1.82) is 0 Å². The van der Waals surface area contributed by atoms with Gasteiger partial charge in [0.2, 0.25) is 0 Å². The predicted molar refractivity (Wildman–Crippen MR) is 76.5 cm³/mol. The van der Waals surface area contributed by atoms with Gasteiger partial charge in [-0.25, -0.2) is 4.98 Å². The molecule has 0 atom stereocenters. The second kappa shape index (κ2) is 4.50. The lowest BCUT2D eigenvalue weighted by molar-refractivity contribution is -0.383. The topological polar surface area (TPSA) is 68.1 Å². The average Bonchev–Trinajstić information content (AvgIpc) is 2.30. The molecule has 0 spiro atoms. The molecule has 0 aliphatic carbocycles. The Hall–Kier alpha value is -2.17. The molecule has 1 aromatic heterocycles. The first-order chi connectivity index (χ1) is 8.79. The Kier molecular flexibility index (Phi) is 3.14.